The van der Waals surface area contributed by atoms with Gasteiger partial charge in [0.15, 0.2) is 0 Å². The van der Waals surface area contributed by atoms with Crippen molar-refractivity contribution >= 4 is 38.6 Å². The quantitative estimate of drug-likeness (QED) is 0.754. The molecule has 2 nitrogen and oxygen atoms in total. The summed E-state index contributed by atoms with van der Waals surface area (Å²) in [7, 11) is 0. The lowest BCUT2D eigenvalue weighted by atomic mass is 10.1. The van der Waals surface area contributed by atoms with E-state index >= 15 is 0 Å². The number of imidazole rings is 1. The second-order valence-corrected chi connectivity index (χ2v) is 6.98. The molecule has 4 heteroatoms. The number of aromatic nitrogens is 2. The fourth-order valence-corrected chi connectivity index (χ4v) is 3.12. The lowest BCUT2D eigenvalue weighted by molar-refractivity contribution is 0.498. The van der Waals surface area contributed by atoms with E-state index in [1.807, 2.05) is 0 Å². The van der Waals surface area contributed by atoms with E-state index in [1.54, 1.807) is 0 Å². The van der Waals surface area contributed by atoms with Crippen molar-refractivity contribution in [2.45, 2.75) is 32.7 Å². The van der Waals surface area contributed by atoms with Crippen molar-refractivity contribution in [3.05, 3.63) is 28.5 Å². The van der Waals surface area contributed by atoms with E-state index < -0.39 is 0 Å². The van der Waals surface area contributed by atoms with E-state index in [2.05, 4.69) is 57.5 Å². The Morgan fingerprint density at radius 2 is 2.22 bits per heavy atom. The fraction of sp³-hybridized carbons (Fsp3) is 0.500. The second kappa shape index (κ2) is 4.24. The first kappa shape index (κ1) is 12.5. The highest BCUT2D eigenvalue weighted by Crippen LogP contribution is 2.52. The number of hydrogen-bond donors (Lipinski definition) is 0. The van der Waals surface area contributed by atoms with Crippen LogP contribution in [-0.4, -0.2) is 9.55 Å². The minimum absolute atomic E-state index is 0.472. The van der Waals surface area contributed by atoms with Crippen LogP contribution in [0.1, 0.15) is 26.1 Å². The third kappa shape index (κ3) is 2.08. The molecule has 1 aromatic carbocycles. The molecule has 1 saturated carbocycles. The Balaban J connectivity index is 2.03. The van der Waals surface area contributed by atoms with Crippen LogP contribution in [-0.2, 0) is 12.4 Å². The van der Waals surface area contributed by atoms with E-state index in [0.717, 1.165) is 28.3 Å². The molecule has 0 spiro atoms. The Bertz CT molecular complexity index is 603. The van der Waals surface area contributed by atoms with E-state index in [0.29, 0.717) is 11.3 Å². The van der Waals surface area contributed by atoms with E-state index in [9.17, 15) is 0 Å². The second-order valence-electron chi connectivity index (χ2n) is 5.79. The monoisotopic (exact) mass is 326 g/mol. The van der Waals surface area contributed by atoms with Gasteiger partial charge in [0.1, 0.15) is 5.82 Å². The van der Waals surface area contributed by atoms with Crippen LogP contribution >= 0.6 is 27.5 Å². The minimum atomic E-state index is 0.472. The molecule has 1 aliphatic carbocycles. The molecule has 0 radical (unpaired) electrons. The van der Waals surface area contributed by atoms with Crippen molar-refractivity contribution in [1.82, 2.24) is 9.55 Å². The number of nitrogens with zero attached hydrogens (tertiary/aromatic N) is 2. The summed E-state index contributed by atoms with van der Waals surface area (Å²) in [5.41, 5.74) is 2.70. The molecule has 1 fully saturated rings. The number of rotatable bonds is 3. The molecular formula is C14H16BrClN2. The third-order valence-electron chi connectivity index (χ3n) is 4.03. The van der Waals surface area contributed by atoms with Gasteiger partial charge in [0.05, 0.1) is 16.9 Å². The maximum atomic E-state index is 6.02. The van der Waals surface area contributed by atoms with Gasteiger partial charge in [0.2, 0.25) is 0 Å². The summed E-state index contributed by atoms with van der Waals surface area (Å²) in [6, 6.07) is 6.24. The summed E-state index contributed by atoms with van der Waals surface area (Å²) in [4.78, 5) is 4.62. The number of fused-ring (bicyclic) bond motifs is 1. The third-order valence-corrected chi connectivity index (χ3v) is 4.76. The fourth-order valence-electron chi connectivity index (χ4n) is 2.57. The first-order chi connectivity index (χ1) is 8.51. The Kier molecular flexibility index (Phi) is 2.94. The van der Waals surface area contributed by atoms with Gasteiger partial charge in [-0.1, -0.05) is 29.8 Å². The first-order valence-corrected chi connectivity index (χ1v) is 7.54. The van der Waals surface area contributed by atoms with Crippen LogP contribution in [0.4, 0.5) is 0 Å². The molecule has 0 aliphatic heterocycles. The minimum Gasteiger partial charge on any atom is -0.327 e. The van der Waals surface area contributed by atoms with Gasteiger partial charge in [0, 0.05) is 11.0 Å². The Morgan fingerprint density at radius 1 is 1.50 bits per heavy atom. The molecule has 96 valence electrons. The maximum Gasteiger partial charge on any atom is 0.124 e. The SMILES string of the molecule is CC1(C)CC1Cn1c(CCl)nc2cc(Br)ccc21. The maximum absolute atomic E-state index is 6.02. The van der Waals surface area contributed by atoms with Crippen LogP contribution in [0.5, 0.6) is 0 Å². The van der Waals surface area contributed by atoms with Crippen LogP contribution in [0.25, 0.3) is 11.0 Å². The molecule has 0 bridgehead atoms. The molecular weight excluding hydrogens is 312 g/mol. The number of halogens is 2. The molecule has 1 heterocycles. The number of alkyl halides is 1. The van der Waals surface area contributed by atoms with Crippen molar-refractivity contribution in [2.75, 3.05) is 0 Å². The van der Waals surface area contributed by atoms with E-state index in [1.165, 1.54) is 11.9 Å². The van der Waals surface area contributed by atoms with Crippen LogP contribution in [0.2, 0.25) is 0 Å². The van der Waals surface area contributed by atoms with Crippen molar-refractivity contribution in [3.8, 4) is 0 Å². The molecule has 18 heavy (non-hydrogen) atoms. The highest BCUT2D eigenvalue weighted by atomic mass is 79.9. The predicted octanol–water partition coefficient (Wildman–Crippen LogP) is 4.58. The average molecular weight is 328 g/mol. The van der Waals surface area contributed by atoms with Gasteiger partial charge in [-0.15, -0.1) is 11.6 Å². The lowest BCUT2D eigenvalue weighted by Gasteiger charge is -2.09. The summed E-state index contributed by atoms with van der Waals surface area (Å²) in [5.74, 6) is 2.20. The molecule has 0 saturated heterocycles. The zero-order chi connectivity index (χ0) is 12.9. The normalized spacial score (nSPS) is 21.4. The van der Waals surface area contributed by atoms with Gasteiger partial charge in [-0.2, -0.15) is 0 Å². The summed E-state index contributed by atoms with van der Waals surface area (Å²) < 4.78 is 3.35. The van der Waals surface area contributed by atoms with Gasteiger partial charge < -0.3 is 4.57 Å². The Morgan fingerprint density at radius 3 is 2.83 bits per heavy atom. The van der Waals surface area contributed by atoms with Crippen LogP contribution in [0.3, 0.4) is 0 Å². The molecule has 1 unspecified atom stereocenters. The highest BCUT2D eigenvalue weighted by Gasteiger charge is 2.45. The summed E-state index contributed by atoms with van der Waals surface area (Å²) in [5, 5.41) is 0. The van der Waals surface area contributed by atoms with Gasteiger partial charge in [0.25, 0.3) is 0 Å². The Labute approximate surface area is 120 Å². The van der Waals surface area contributed by atoms with E-state index in [-0.39, 0.29) is 0 Å². The van der Waals surface area contributed by atoms with Crippen LogP contribution in [0, 0.1) is 11.3 Å². The molecule has 0 amide bonds. The topological polar surface area (TPSA) is 17.8 Å². The zero-order valence-corrected chi connectivity index (χ0v) is 12.9. The lowest BCUT2D eigenvalue weighted by Crippen LogP contribution is -2.06. The van der Waals surface area contributed by atoms with Crippen LogP contribution < -0.4 is 0 Å². The van der Waals surface area contributed by atoms with E-state index in [4.69, 9.17) is 11.6 Å². The number of benzene rings is 1. The smallest absolute Gasteiger partial charge is 0.124 e. The van der Waals surface area contributed by atoms with Crippen molar-refractivity contribution in [2.24, 2.45) is 11.3 Å². The summed E-state index contributed by atoms with van der Waals surface area (Å²) in [6.07, 6.45) is 1.30. The summed E-state index contributed by atoms with van der Waals surface area (Å²) >= 11 is 9.51. The zero-order valence-electron chi connectivity index (χ0n) is 10.6. The molecule has 1 aliphatic rings. The van der Waals surface area contributed by atoms with Crippen molar-refractivity contribution < 1.29 is 0 Å². The summed E-state index contributed by atoms with van der Waals surface area (Å²) in [6.45, 7) is 5.69. The van der Waals surface area contributed by atoms with Crippen LogP contribution in [0.15, 0.2) is 22.7 Å². The van der Waals surface area contributed by atoms with Gasteiger partial charge in [-0.05, 0) is 36.0 Å². The largest absolute Gasteiger partial charge is 0.327 e. The highest BCUT2D eigenvalue weighted by molar-refractivity contribution is 9.10. The van der Waals surface area contributed by atoms with Gasteiger partial charge >= 0.3 is 0 Å². The van der Waals surface area contributed by atoms with Gasteiger partial charge in [-0.3, -0.25) is 0 Å². The first-order valence-electron chi connectivity index (χ1n) is 6.22. The molecule has 1 atom stereocenters. The average Bonchev–Trinajstić information content (AvgIpc) is 2.77. The van der Waals surface area contributed by atoms with Crippen molar-refractivity contribution in [1.29, 1.82) is 0 Å². The Hall–Kier alpha value is -0.540. The van der Waals surface area contributed by atoms with Crippen molar-refractivity contribution in [3.63, 3.8) is 0 Å². The molecule has 1 aromatic heterocycles. The predicted molar refractivity (Wildman–Crippen MR) is 78.9 cm³/mol. The number of hydrogen-bond acceptors (Lipinski definition) is 1. The molecule has 0 N–H and O–H groups in total. The molecule has 3 rings (SSSR count). The molecule has 2 aromatic rings. The van der Waals surface area contributed by atoms with Gasteiger partial charge in [-0.25, -0.2) is 4.98 Å². The standard InChI is InChI=1S/C14H16BrClN2/c1-14(2)6-9(14)8-18-12-4-3-10(15)5-11(12)17-13(18)7-16/h3-5,9H,6-8H2,1-2H3.